The van der Waals surface area contributed by atoms with Crippen LogP contribution in [-0.2, 0) is 36.0 Å². The molecule has 2 saturated heterocycles. The van der Waals surface area contributed by atoms with Crippen molar-refractivity contribution in [3.8, 4) is 11.3 Å². The lowest BCUT2D eigenvalue weighted by molar-refractivity contribution is -0.136. The number of hydrogen-bond acceptors (Lipinski definition) is 10. The molecule has 2 aromatic heterocycles. The van der Waals surface area contributed by atoms with Gasteiger partial charge in [0.15, 0.2) is 0 Å². The lowest BCUT2D eigenvalue weighted by Gasteiger charge is -2.33. The number of fused-ring (bicyclic) bond motifs is 1. The second-order valence-corrected chi connectivity index (χ2v) is 18.5. The lowest BCUT2D eigenvalue weighted by atomic mass is 9.85. The predicted molar refractivity (Wildman–Crippen MR) is 237 cm³/mol. The molecule has 4 fully saturated rings. The van der Waals surface area contributed by atoms with Crippen LogP contribution in [0.15, 0.2) is 48.8 Å². The Morgan fingerprint density at radius 1 is 0.903 bits per heavy atom. The first kappa shape index (κ1) is 42.4. The first-order valence-electron chi connectivity index (χ1n) is 22.7. The summed E-state index contributed by atoms with van der Waals surface area (Å²) in [5, 5.41) is 18.4. The Morgan fingerprint density at radius 2 is 1.68 bits per heavy atom. The molecule has 1 atom stereocenters. The highest BCUT2D eigenvalue weighted by molar-refractivity contribution is 6.33. The maximum atomic E-state index is 14.9. The van der Waals surface area contributed by atoms with Crippen LogP contribution in [0.3, 0.4) is 0 Å². The first-order chi connectivity index (χ1) is 30.1. The largest absolute Gasteiger partial charge is 0.385 e. The third kappa shape index (κ3) is 9.82. The average Bonchev–Trinajstić information content (AvgIpc) is 3.95. The van der Waals surface area contributed by atoms with Gasteiger partial charge in [-0.2, -0.15) is 5.10 Å². The normalized spacial score (nSPS) is 22.2. The fourth-order valence-electron chi connectivity index (χ4n) is 9.94. The van der Waals surface area contributed by atoms with Gasteiger partial charge >= 0.3 is 0 Å². The maximum absolute atomic E-state index is 14.9. The highest BCUT2D eigenvalue weighted by Gasteiger charge is 2.41. The van der Waals surface area contributed by atoms with Crippen LogP contribution in [-0.4, -0.2) is 98.1 Å². The van der Waals surface area contributed by atoms with Crippen molar-refractivity contribution in [2.75, 3.05) is 43.4 Å². The van der Waals surface area contributed by atoms with Gasteiger partial charge in [0.1, 0.15) is 11.9 Å². The molecule has 4 N–H and O–H groups in total. The number of aryl methyl sites for hydroxylation is 1. The maximum Gasteiger partial charge on any atom is 0.255 e. The Balaban J connectivity index is 0.659. The van der Waals surface area contributed by atoms with Crippen molar-refractivity contribution in [2.45, 2.75) is 114 Å². The van der Waals surface area contributed by atoms with Gasteiger partial charge in [-0.25, -0.2) is 14.4 Å². The summed E-state index contributed by atoms with van der Waals surface area (Å²) >= 11 is 6.60. The molecule has 15 heteroatoms. The number of rotatable bonds is 16. The molecule has 0 spiro atoms. The highest BCUT2D eigenvalue weighted by Crippen LogP contribution is 2.39. The molecule has 9 rings (SSSR count). The second kappa shape index (κ2) is 18.8. The monoisotopic (exact) mass is 864 g/mol. The van der Waals surface area contributed by atoms with Gasteiger partial charge < -0.3 is 25.8 Å². The van der Waals surface area contributed by atoms with Crippen molar-refractivity contribution in [3.63, 3.8) is 0 Å². The van der Waals surface area contributed by atoms with Gasteiger partial charge in [-0.15, -0.1) is 0 Å². The standard InChI is InChI=1S/C47H58ClFN10O3/c1-57-42(23-30-3-4-30)38(26-53-57)44-40(48)27-52-47(56-44)54-35-11-9-34(10-12-35)51-19-2-18-50-33-7-5-29(6-8-33)15-20-58-21-16-31(17-22-58)36-24-32(49)25-37-39(36)28-59(46(37)62)41-13-14-43(60)55-45(41)61/h5-8,24-27,30-31,34-35,41,50-51H,2-4,9-23,28H2,1H3,(H,52,54,56)(H,55,60,61). The predicted octanol–water partition coefficient (Wildman–Crippen LogP) is 6.62. The molecule has 1 unspecified atom stereocenters. The van der Waals surface area contributed by atoms with Crippen molar-refractivity contribution in [2.24, 2.45) is 13.0 Å². The van der Waals surface area contributed by atoms with Gasteiger partial charge in [-0.3, -0.25) is 24.4 Å². The summed E-state index contributed by atoms with van der Waals surface area (Å²) in [4.78, 5) is 50.9. The molecular formula is C47H58ClFN10O3. The van der Waals surface area contributed by atoms with Crippen LogP contribution in [0.5, 0.6) is 0 Å². The van der Waals surface area contributed by atoms with Crippen LogP contribution >= 0.6 is 11.6 Å². The second-order valence-electron chi connectivity index (χ2n) is 18.1. The summed E-state index contributed by atoms with van der Waals surface area (Å²) in [7, 11) is 1.99. The molecule has 0 bridgehead atoms. The van der Waals surface area contributed by atoms with Gasteiger partial charge in [-0.1, -0.05) is 23.7 Å². The van der Waals surface area contributed by atoms with E-state index in [1.165, 1.54) is 35.1 Å². The van der Waals surface area contributed by atoms with E-state index in [4.69, 9.17) is 16.6 Å². The molecule has 3 amide bonds. The molecule has 4 aromatic rings. The van der Waals surface area contributed by atoms with E-state index in [0.29, 0.717) is 35.0 Å². The topological polar surface area (TPSA) is 149 Å². The number of nitrogens with one attached hydrogen (secondary N) is 4. The van der Waals surface area contributed by atoms with Crippen LogP contribution in [0.4, 0.5) is 16.0 Å². The van der Waals surface area contributed by atoms with Gasteiger partial charge in [0.25, 0.3) is 5.91 Å². The van der Waals surface area contributed by atoms with Crippen molar-refractivity contribution < 1.29 is 18.8 Å². The number of amides is 3. The third-order valence-electron chi connectivity index (χ3n) is 13.8. The zero-order valence-corrected chi connectivity index (χ0v) is 36.4. The molecule has 3 aliphatic heterocycles. The Morgan fingerprint density at radius 3 is 2.44 bits per heavy atom. The smallest absolute Gasteiger partial charge is 0.255 e. The minimum Gasteiger partial charge on any atom is -0.385 e. The summed E-state index contributed by atoms with van der Waals surface area (Å²) in [6, 6.07) is 11.8. The molecule has 328 valence electrons. The van der Waals surface area contributed by atoms with Crippen LogP contribution in [0, 0.1) is 11.7 Å². The molecule has 0 radical (unpaired) electrons. The van der Waals surface area contributed by atoms with Gasteiger partial charge in [0.05, 0.1) is 23.1 Å². The fourth-order valence-corrected chi connectivity index (χ4v) is 10.1. The van der Waals surface area contributed by atoms with Gasteiger partial charge in [-0.05, 0) is 149 Å². The third-order valence-corrected chi connectivity index (χ3v) is 14.0. The average molecular weight is 865 g/mol. The lowest BCUT2D eigenvalue weighted by Crippen LogP contribution is -2.52. The van der Waals surface area contributed by atoms with Crippen molar-refractivity contribution in [1.29, 1.82) is 0 Å². The Kier molecular flexibility index (Phi) is 12.9. The minimum absolute atomic E-state index is 0.150. The molecule has 2 aliphatic carbocycles. The molecule has 62 heavy (non-hydrogen) atoms. The van der Waals surface area contributed by atoms with E-state index < -0.39 is 17.8 Å². The Hall–Kier alpha value is -4.92. The van der Waals surface area contributed by atoms with Gasteiger partial charge in [0, 0.05) is 67.7 Å². The van der Waals surface area contributed by atoms with Crippen molar-refractivity contribution >= 4 is 41.0 Å². The van der Waals surface area contributed by atoms with Gasteiger partial charge in [0.2, 0.25) is 17.8 Å². The number of piperidine rings is 2. The number of benzene rings is 2. The van der Waals surface area contributed by atoms with Crippen LogP contribution < -0.4 is 21.3 Å². The SMILES string of the molecule is Cn1ncc(-c2nc(NC3CCC(NCCCNc4ccc(CCN5CCC(c6cc(F)cc7c6CN(C6CCC(=O)NC6=O)C7=O)CC5)cc4)CC3)ncc2Cl)c1CC1CC1. The van der Waals surface area contributed by atoms with Crippen LogP contribution in [0.25, 0.3) is 11.3 Å². The van der Waals surface area contributed by atoms with E-state index in [-0.39, 0.29) is 30.7 Å². The number of aromatic nitrogens is 4. The Labute approximate surface area is 368 Å². The number of imide groups is 1. The molecule has 5 heterocycles. The Bertz CT molecular complexity index is 2270. The number of anilines is 2. The number of carbonyl (C=O) groups is 3. The highest BCUT2D eigenvalue weighted by atomic mass is 35.5. The van der Waals surface area contributed by atoms with E-state index in [2.05, 4.69) is 60.5 Å². The number of carbonyl (C=O) groups excluding carboxylic acids is 3. The quantitative estimate of drug-likeness (QED) is 0.0716. The van der Waals surface area contributed by atoms with Crippen LogP contribution in [0.1, 0.15) is 109 Å². The summed E-state index contributed by atoms with van der Waals surface area (Å²) in [6.45, 7) is 4.92. The van der Waals surface area contributed by atoms with Crippen molar-refractivity contribution in [3.05, 3.63) is 87.6 Å². The van der Waals surface area contributed by atoms with E-state index in [1.807, 2.05) is 17.9 Å². The minimum atomic E-state index is -0.708. The molecular weight excluding hydrogens is 807 g/mol. The molecule has 2 saturated carbocycles. The molecule has 13 nitrogen and oxygen atoms in total. The number of halogens is 2. The number of hydrogen-bond donors (Lipinski definition) is 4. The zero-order valence-electron chi connectivity index (χ0n) is 35.6. The molecule has 5 aliphatic rings. The first-order valence-corrected chi connectivity index (χ1v) is 23.1. The summed E-state index contributed by atoms with van der Waals surface area (Å²) in [5.74, 6) is 0.000846. The summed E-state index contributed by atoms with van der Waals surface area (Å²) < 4.78 is 16.8. The summed E-state index contributed by atoms with van der Waals surface area (Å²) in [5.41, 5.74) is 7.46. The zero-order chi connectivity index (χ0) is 42.7. The molecule has 2 aromatic carbocycles. The fraction of sp³-hybridized carbons (Fsp3) is 0.532. The van der Waals surface area contributed by atoms with E-state index in [0.717, 1.165) is 125 Å². The van der Waals surface area contributed by atoms with Crippen molar-refractivity contribution in [1.82, 2.24) is 40.2 Å². The number of likely N-dealkylation sites (tertiary alicyclic amines) is 1. The van der Waals surface area contributed by atoms with E-state index in [1.54, 1.807) is 12.3 Å². The van der Waals surface area contributed by atoms with E-state index >= 15 is 0 Å². The van der Waals surface area contributed by atoms with Crippen LogP contribution in [0.2, 0.25) is 5.02 Å². The number of nitrogens with zero attached hydrogens (tertiary/aromatic N) is 6. The van der Waals surface area contributed by atoms with E-state index in [9.17, 15) is 18.8 Å². The summed E-state index contributed by atoms with van der Waals surface area (Å²) in [6.07, 6.45) is 15.8.